The number of halogens is 3. The van der Waals surface area contributed by atoms with Gasteiger partial charge in [0.05, 0.1) is 22.9 Å². The fourth-order valence-electron chi connectivity index (χ4n) is 6.15. The molecule has 0 amide bonds. The second-order valence-electron chi connectivity index (χ2n) is 12.0. The number of allylic oxidation sites excluding steroid dienone is 2. The highest BCUT2D eigenvalue weighted by molar-refractivity contribution is 6.33. The Bertz CT molecular complexity index is 1300. The molecule has 0 radical (unpaired) electrons. The maximum atomic E-state index is 12.6. The average Bonchev–Trinajstić information content (AvgIpc) is 2.91. The number of nitrogens with zero attached hydrogens (tertiary/aromatic N) is 3. The molecule has 1 aromatic carbocycles. The molecule has 2 aromatic rings. The van der Waals surface area contributed by atoms with Gasteiger partial charge in [0.25, 0.3) is 6.43 Å². The van der Waals surface area contributed by atoms with Gasteiger partial charge in [0.15, 0.2) is 5.82 Å². The van der Waals surface area contributed by atoms with E-state index in [0.717, 1.165) is 67.7 Å². The van der Waals surface area contributed by atoms with E-state index in [2.05, 4.69) is 4.90 Å². The molecule has 4 rings (SSSR count). The van der Waals surface area contributed by atoms with Crippen molar-refractivity contribution >= 4 is 28.7 Å². The van der Waals surface area contributed by atoms with Crippen molar-refractivity contribution in [2.75, 3.05) is 31.2 Å². The Hall–Kier alpha value is -2.62. The minimum atomic E-state index is -2.44. The molecule has 2 aliphatic rings. The van der Waals surface area contributed by atoms with Crippen molar-refractivity contribution in [1.82, 2.24) is 9.97 Å². The van der Waals surface area contributed by atoms with Gasteiger partial charge >= 0.3 is 0 Å². The number of hydrogen-bond donors (Lipinski definition) is 2. The van der Waals surface area contributed by atoms with Crippen molar-refractivity contribution in [3.05, 3.63) is 40.1 Å². The summed E-state index contributed by atoms with van der Waals surface area (Å²) in [4.78, 5) is 12.2. The number of ether oxygens (including phenoxy) is 2. The molecule has 1 aliphatic heterocycles. The Morgan fingerprint density at radius 3 is 2.45 bits per heavy atom. The summed E-state index contributed by atoms with van der Waals surface area (Å²) < 4.78 is 36.5. The normalized spacial score (nSPS) is 17.3. The number of aliphatic hydroxyl groups is 1. The van der Waals surface area contributed by atoms with Gasteiger partial charge in [-0.05, 0) is 78.0 Å². The summed E-state index contributed by atoms with van der Waals surface area (Å²) in [6.07, 6.45) is 1.84. The van der Waals surface area contributed by atoms with Crippen LogP contribution in [0.1, 0.15) is 77.5 Å². The zero-order valence-corrected chi connectivity index (χ0v) is 26.0. The van der Waals surface area contributed by atoms with E-state index in [1.807, 2.05) is 27.7 Å². The summed E-state index contributed by atoms with van der Waals surface area (Å²) in [5.41, 5.74) is 4.51. The molecule has 42 heavy (non-hydrogen) atoms. The highest BCUT2D eigenvalue weighted by Crippen LogP contribution is 2.47. The zero-order chi connectivity index (χ0) is 30.6. The summed E-state index contributed by atoms with van der Waals surface area (Å²) in [5, 5.41) is 19.1. The van der Waals surface area contributed by atoms with Crippen molar-refractivity contribution in [1.29, 1.82) is 5.41 Å². The molecular weight excluding hydrogens is 562 g/mol. The predicted molar refractivity (Wildman–Crippen MR) is 164 cm³/mol. The molecule has 1 spiro atoms. The molecule has 0 unspecified atom stereocenters. The average molecular weight is 605 g/mol. The van der Waals surface area contributed by atoms with Crippen LogP contribution in [0.4, 0.5) is 14.6 Å². The van der Waals surface area contributed by atoms with Crippen LogP contribution < -0.4 is 9.64 Å². The summed E-state index contributed by atoms with van der Waals surface area (Å²) in [6, 6.07) is 5.32. The fourth-order valence-corrected chi connectivity index (χ4v) is 6.35. The third-order valence-corrected chi connectivity index (χ3v) is 8.61. The molecule has 1 aromatic heterocycles. The molecule has 2 fully saturated rings. The standard InChI is InChI=1S/C32H43ClF2N4O3/c1-6-7-22(40)15-41-24-8-9-26(33)25(14-24)30-37-29(28(19(2)3)21(5)36)20(4)31(38-30)39-17-32(18-39)12-10-23(11-13-32)42-16-27(34)35/h8-9,14,22-23,27,36,40H,6-7,10-13,15-18H2,1-5H3/t22-/m1/s1. The number of hydrogen-bond acceptors (Lipinski definition) is 7. The van der Waals surface area contributed by atoms with Gasteiger partial charge in [-0.15, -0.1) is 0 Å². The molecule has 1 atom stereocenters. The Morgan fingerprint density at radius 2 is 1.86 bits per heavy atom. The van der Waals surface area contributed by atoms with Crippen LogP contribution in [0, 0.1) is 17.7 Å². The van der Waals surface area contributed by atoms with E-state index in [1.54, 1.807) is 25.1 Å². The second kappa shape index (κ2) is 13.8. The second-order valence-corrected chi connectivity index (χ2v) is 12.4. The number of alkyl halides is 2. The number of aliphatic hydroxyl groups excluding tert-OH is 1. The molecule has 2 heterocycles. The molecule has 1 saturated carbocycles. The zero-order valence-electron chi connectivity index (χ0n) is 25.3. The van der Waals surface area contributed by atoms with Gasteiger partial charge in [0, 0.05) is 40.9 Å². The Morgan fingerprint density at radius 1 is 1.17 bits per heavy atom. The van der Waals surface area contributed by atoms with Gasteiger partial charge in [0.1, 0.15) is 24.8 Å². The SMILES string of the molecule is CCC[C@@H](O)COc1ccc(Cl)c(-c2nc(C(C(C)=N)=C(C)C)c(C)c(N3CC4(CCC(OCC(F)F)CC4)C3)n2)c1. The van der Waals surface area contributed by atoms with Crippen molar-refractivity contribution in [3.63, 3.8) is 0 Å². The number of aromatic nitrogens is 2. The molecule has 1 saturated heterocycles. The maximum Gasteiger partial charge on any atom is 0.261 e. The van der Waals surface area contributed by atoms with Gasteiger partial charge in [-0.25, -0.2) is 18.7 Å². The quantitative estimate of drug-likeness (QED) is 0.244. The van der Waals surface area contributed by atoms with Crippen LogP contribution >= 0.6 is 11.6 Å². The van der Waals surface area contributed by atoms with Crippen LogP contribution in [-0.2, 0) is 4.74 Å². The Kier molecular flexibility index (Phi) is 10.6. The lowest BCUT2D eigenvalue weighted by atomic mass is 9.68. The molecule has 7 nitrogen and oxygen atoms in total. The molecule has 2 N–H and O–H groups in total. The van der Waals surface area contributed by atoms with Gasteiger partial charge in [0.2, 0.25) is 0 Å². The van der Waals surface area contributed by atoms with Crippen molar-refractivity contribution in [2.24, 2.45) is 5.41 Å². The van der Waals surface area contributed by atoms with Gasteiger partial charge in [-0.2, -0.15) is 0 Å². The lowest BCUT2D eigenvalue weighted by molar-refractivity contribution is -0.0556. The van der Waals surface area contributed by atoms with Crippen LogP contribution in [-0.4, -0.2) is 65.7 Å². The third-order valence-electron chi connectivity index (χ3n) is 8.28. The van der Waals surface area contributed by atoms with Gasteiger partial charge < -0.3 is 24.9 Å². The van der Waals surface area contributed by atoms with Crippen LogP contribution in [0.5, 0.6) is 5.75 Å². The lowest BCUT2D eigenvalue weighted by Crippen LogP contribution is -2.58. The van der Waals surface area contributed by atoms with Crippen LogP contribution in [0.2, 0.25) is 5.02 Å². The van der Waals surface area contributed by atoms with E-state index in [-0.39, 0.29) is 18.1 Å². The topological polar surface area (TPSA) is 91.6 Å². The highest BCUT2D eigenvalue weighted by atomic mass is 35.5. The van der Waals surface area contributed by atoms with Crippen molar-refractivity contribution in [3.8, 4) is 17.1 Å². The van der Waals surface area contributed by atoms with Crippen molar-refractivity contribution < 1.29 is 23.4 Å². The predicted octanol–water partition coefficient (Wildman–Crippen LogP) is 7.51. The first-order chi connectivity index (χ1) is 19.9. The minimum Gasteiger partial charge on any atom is -0.491 e. The van der Waals surface area contributed by atoms with Gasteiger partial charge in [-0.3, -0.25) is 0 Å². The van der Waals surface area contributed by atoms with Crippen molar-refractivity contribution in [2.45, 2.75) is 91.8 Å². The molecular formula is C32H43ClF2N4O3. The van der Waals surface area contributed by atoms with Crippen LogP contribution in [0.15, 0.2) is 23.8 Å². The first-order valence-corrected chi connectivity index (χ1v) is 15.2. The van der Waals surface area contributed by atoms with E-state index in [1.165, 1.54) is 0 Å². The number of benzene rings is 1. The van der Waals surface area contributed by atoms with E-state index in [0.29, 0.717) is 40.0 Å². The molecule has 1 aliphatic carbocycles. The smallest absolute Gasteiger partial charge is 0.261 e. The number of nitrogens with one attached hydrogen (secondary N) is 1. The first kappa shape index (κ1) is 32.3. The van der Waals surface area contributed by atoms with E-state index >= 15 is 0 Å². The van der Waals surface area contributed by atoms with E-state index < -0.39 is 19.1 Å². The maximum absolute atomic E-state index is 12.6. The van der Waals surface area contributed by atoms with Gasteiger partial charge in [-0.1, -0.05) is 30.5 Å². The number of rotatable bonds is 12. The third kappa shape index (κ3) is 7.47. The van der Waals surface area contributed by atoms with Crippen LogP contribution in [0.25, 0.3) is 17.0 Å². The highest BCUT2D eigenvalue weighted by Gasteiger charge is 2.46. The fraction of sp³-hybridized carbons (Fsp3) is 0.594. The molecule has 10 heteroatoms. The lowest BCUT2D eigenvalue weighted by Gasteiger charge is -2.54. The van der Waals surface area contributed by atoms with E-state index in [4.69, 9.17) is 36.5 Å². The molecule has 0 bridgehead atoms. The minimum absolute atomic E-state index is 0.104. The number of anilines is 1. The summed E-state index contributed by atoms with van der Waals surface area (Å²) in [5.74, 6) is 1.81. The Balaban J connectivity index is 1.64. The monoisotopic (exact) mass is 604 g/mol. The van der Waals surface area contributed by atoms with E-state index in [9.17, 15) is 13.9 Å². The summed E-state index contributed by atoms with van der Waals surface area (Å²) >= 11 is 6.68. The first-order valence-electron chi connectivity index (χ1n) is 14.8. The van der Waals surface area contributed by atoms with Crippen LogP contribution in [0.3, 0.4) is 0 Å². The summed E-state index contributed by atoms with van der Waals surface area (Å²) in [6.45, 7) is 11.0. The largest absolute Gasteiger partial charge is 0.491 e. The summed E-state index contributed by atoms with van der Waals surface area (Å²) in [7, 11) is 0. The molecule has 230 valence electrons. The Labute approximate surface area is 252 Å².